The highest BCUT2D eigenvalue weighted by atomic mass is 32.2. The molecule has 0 aromatic heterocycles. The molecular weight excluding hydrogens is 366 g/mol. The second kappa shape index (κ2) is 10.7. The topological polar surface area (TPSA) is 56.8 Å². The Morgan fingerprint density at radius 2 is 1.81 bits per heavy atom. The highest BCUT2D eigenvalue weighted by Crippen LogP contribution is 2.25. The highest BCUT2D eigenvalue weighted by Gasteiger charge is 2.06. The zero-order chi connectivity index (χ0) is 18.9. The summed E-state index contributed by atoms with van der Waals surface area (Å²) in [4.78, 5) is 0. The summed E-state index contributed by atoms with van der Waals surface area (Å²) < 4.78 is 10.2. The van der Waals surface area contributed by atoms with E-state index in [4.69, 9.17) is 4.74 Å². The van der Waals surface area contributed by atoms with Crippen LogP contribution >= 0.6 is 23.9 Å². The van der Waals surface area contributed by atoms with Gasteiger partial charge in [0.2, 0.25) is 0 Å². The number of hydrazine groups is 1. The van der Waals surface area contributed by atoms with Gasteiger partial charge in [0.25, 0.3) is 0 Å². The summed E-state index contributed by atoms with van der Waals surface area (Å²) in [5.41, 5.74) is 5.87. The summed E-state index contributed by atoms with van der Waals surface area (Å²) in [5.74, 6) is 0.857. The van der Waals surface area contributed by atoms with Crippen LogP contribution in [0.2, 0.25) is 0 Å². The van der Waals surface area contributed by atoms with Crippen LogP contribution in [0.25, 0.3) is 11.1 Å². The first kappa shape index (κ1) is 20.9. The Bertz CT molecular complexity index is 668. The Hall–Kier alpha value is -1.38. The van der Waals surface area contributed by atoms with Crippen molar-refractivity contribution in [1.82, 2.24) is 9.30 Å². The summed E-state index contributed by atoms with van der Waals surface area (Å²) in [6.45, 7) is 7.17. The standard InChI is InChI=1S/C19H27N3O2S2/c1-14(2)26-20-13-15(3)24-19-10-8-16(9-11-19)17-6-5-7-18(12-17)21-22(23)25-4/h5-12,14-15,20-21,23H,13H2,1-4H3. The second-order valence-corrected chi connectivity index (χ2v) is 8.29. The number of ether oxygens (including phenoxy) is 1. The molecule has 0 heterocycles. The van der Waals surface area contributed by atoms with Crippen molar-refractivity contribution in [3.05, 3.63) is 48.5 Å². The molecule has 0 fully saturated rings. The smallest absolute Gasteiger partial charge is 0.119 e. The minimum Gasteiger partial charge on any atom is -0.489 e. The van der Waals surface area contributed by atoms with Crippen LogP contribution in [0.5, 0.6) is 5.75 Å². The molecule has 3 N–H and O–H groups in total. The van der Waals surface area contributed by atoms with Gasteiger partial charge in [0, 0.05) is 18.1 Å². The molecule has 0 aliphatic heterocycles. The predicted molar refractivity (Wildman–Crippen MR) is 113 cm³/mol. The monoisotopic (exact) mass is 393 g/mol. The normalized spacial score (nSPS) is 12.4. The zero-order valence-electron chi connectivity index (χ0n) is 15.6. The average Bonchev–Trinajstić information content (AvgIpc) is 2.62. The lowest BCUT2D eigenvalue weighted by Gasteiger charge is -2.16. The summed E-state index contributed by atoms with van der Waals surface area (Å²) in [6, 6.07) is 16.0. The number of nitrogens with zero attached hydrogens (tertiary/aromatic N) is 1. The number of anilines is 1. The van der Waals surface area contributed by atoms with Crippen molar-refractivity contribution in [2.24, 2.45) is 0 Å². The molecule has 142 valence electrons. The van der Waals surface area contributed by atoms with Crippen LogP contribution in [0.4, 0.5) is 5.69 Å². The van der Waals surface area contributed by atoms with Gasteiger partial charge >= 0.3 is 0 Å². The van der Waals surface area contributed by atoms with Crippen molar-refractivity contribution >= 4 is 29.6 Å². The van der Waals surface area contributed by atoms with Crippen LogP contribution in [-0.2, 0) is 0 Å². The van der Waals surface area contributed by atoms with Crippen LogP contribution in [0.15, 0.2) is 48.5 Å². The first-order valence-corrected chi connectivity index (χ1v) is 10.6. The molecule has 5 nitrogen and oxygen atoms in total. The number of benzene rings is 2. The Labute approximate surface area is 164 Å². The largest absolute Gasteiger partial charge is 0.489 e. The maximum absolute atomic E-state index is 9.55. The predicted octanol–water partition coefficient (Wildman–Crippen LogP) is 5.06. The Kier molecular flexibility index (Phi) is 8.61. The van der Waals surface area contributed by atoms with Crippen LogP contribution < -0.4 is 14.9 Å². The molecule has 26 heavy (non-hydrogen) atoms. The van der Waals surface area contributed by atoms with E-state index >= 15 is 0 Å². The molecule has 0 saturated heterocycles. The van der Waals surface area contributed by atoms with E-state index in [0.717, 1.165) is 33.7 Å². The van der Waals surface area contributed by atoms with Crippen molar-refractivity contribution in [3.63, 3.8) is 0 Å². The van der Waals surface area contributed by atoms with Crippen molar-refractivity contribution in [2.45, 2.75) is 32.1 Å². The molecule has 0 aliphatic carbocycles. The van der Waals surface area contributed by atoms with E-state index in [0.29, 0.717) is 5.25 Å². The SMILES string of the molecule is CSN(O)Nc1cccc(-c2ccc(OC(C)CNSC(C)C)cc2)c1. The number of hydrogen-bond acceptors (Lipinski definition) is 7. The molecule has 2 aromatic rings. The average molecular weight is 394 g/mol. The molecule has 0 aliphatic rings. The van der Waals surface area contributed by atoms with E-state index in [1.807, 2.05) is 48.5 Å². The lowest BCUT2D eigenvalue weighted by Crippen LogP contribution is -2.25. The second-order valence-electron chi connectivity index (χ2n) is 6.12. The van der Waals surface area contributed by atoms with Gasteiger partial charge in [-0.3, -0.25) is 15.4 Å². The van der Waals surface area contributed by atoms with Crippen LogP contribution in [0.3, 0.4) is 0 Å². The van der Waals surface area contributed by atoms with Gasteiger partial charge < -0.3 is 4.74 Å². The van der Waals surface area contributed by atoms with Gasteiger partial charge in [-0.25, -0.2) is 0 Å². The number of hydrogen-bond donors (Lipinski definition) is 3. The van der Waals surface area contributed by atoms with Crippen molar-refractivity contribution < 1.29 is 9.94 Å². The molecule has 2 rings (SSSR count). The third kappa shape index (κ3) is 7.09. The van der Waals surface area contributed by atoms with Crippen molar-refractivity contribution in [3.8, 4) is 16.9 Å². The Morgan fingerprint density at radius 1 is 1.08 bits per heavy atom. The minimum atomic E-state index is 0.0988. The van der Waals surface area contributed by atoms with E-state index in [-0.39, 0.29) is 6.10 Å². The van der Waals surface area contributed by atoms with E-state index < -0.39 is 0 Å². The van der Waals surface area contributed by atoms with Crippen LogP contribution in [-0.4, -0.2) is 33.9 Å². The quantitative estimate of drug-likeness (QED) is 0.385. The van der Waals surface area contributed by atoms with Gasteiger partial charge in [0.1, 0.15) is 11.9 Å². The van der Waals surface area contributed by atoms with Gasteiger partial charge in [-0.2, -0.15) is 0 Å². The molecule has 7 heteroatoms. The number of rotatable bonds is 10. The zero-order valence-corrected chi connectivity index (χ0v) is 17.2. The van der Waals surface area contributed by atoms with Crippen LogP contribution in [0.1, 0.15) is 20.8 Å². The molecule has 1 atom stereocenters. The lowest BCUT2D eigenvalue weighted by atomic mass is 10.1. The molecule has 0 radical (unpaired) electrons. The molecule has 2 aromatic carbocycles. The van der Waals surface area contributed by atoms with Crippen molar-refractivity contribution in [1.29, 1.82) is 0 Å². The van der Waals surface area contributed by atoms with Gasteiger partial charge in [-0.15, -0.1) is 0 Å². The lowest BCUT2D eigenvalue weighted by molar-refractivity contribution is 0.0444. The first-order valence-electron chi connectivity index (χ1n) is 8.53. The summed E-state index contributed by atoms with van der Waals surface area (Å²) >= 11 is 2.91. The molecule has 0 amide bonds. The summed E-state index contributed by atoms with van der Waals surface area (Å²) in [6.07, 6.45) is 1.88. The van der Waals surface area contributed by atoms with Crippen molar-refractivity contribution in [2.75, 3.05) is 18.2 Å². The van der Waals surface area contributed by atoms with E-state index in [1.165, 1.54) is 11.9 Å². The third-order valence-corrected chi connectivity index (χ3v) is 4.72. The minimum absolute atomic E-state index is 0.0988. The van der Waals surface area contributed by atoms with Gasteiger partial charge in [0.05, 0.1) is 5.69 Å². The van der Waals surface area contributed by atoms with Gasteiger partial charge in [-0.1, -0.05) is 50.1 Å². The fourth-order valence-electron chi connectivity index (χ4n) is 2.26. The maximum Gasteiger partial charge on any atom is 0.119 e. The Balaban J connectivity index is 1.95. The summed E-state index contributed by atoms with van der Waals surface area (Å²) in [5, 5.41) is 10.1. The molecule has 1 unspecified atom stereocenters. The molecular formula is C19H27N3O2S2. The van der Waals surface area contributed by atoms with E-state index in [2.05, 4.69) is 30.9 Å². The van der Waals surface area contributed by atoms with Gasteiger partial charge in [0.15, 0.2) is 0 Å². The molecule has 0 saturated carbocycles. The highest BCUT2D eigenvalue weighted by molar-refractivity contribution is 7.98. The number of nitrogens with one attached hydrogen (secondary N) is 2. The Morgan fingerprint density at radius 3 is 2.46 bits per heavy atom. The molecule has 0 spiro atoms. The maximum atomic E-state index is 9.55. The third-order valence-electron chi connectivity index (χ3n) is 3.47. The van der Waals surface area contributed by atoms with Gasteiger partial charge in [-0.05, 0) is 58.8 Å². The van der Waals surface area contributed by atoms with E-state index in [1.54, 1.807) is 18.2 Å². The first-order chi connectivity index (χ1) is 12.5. The molecule has 0 bridgehead atoms. The fraction of sp³-hybridized carbons (Fsp3) is 0.368. The fourth-order valence-corrected chi connectivity index (χ4v) is 3.12. The van der Waals surface area contributed by atoms with E-state index in [9.17, 15) is 5.21 Å². The summed E-state index contributed by atoms with van der Waals surface area (Å²) in [7, 11) is 0. The van der Waals surface area contributed by atoms with Crippen LogP contribution in [0, 0.1) is 0 Å².